The molecular formula is C16H20N2O3. The van der Waals surface area contributed by atoms with E-state index in [1.807, 2.05) is 13.0 Å². The van der Waals surface area contributed by atoms with Crippen molar-refractivity contribution in [3.8, 4) is 11.8 Å². The van der Waals surface area contributed by atoms with Gasteiger partial charge >= 0.3 is 5.97 Å². The van der Waals surface area contributed by atoms with E-state index in [1.54, 1.807) is 19.2 Å². The molecule has 0 atom stereocenters. The summed E-state index contributed by atoms with van der Waals surface area (Å²) in [4.78, 5) is 13.1. The smallest absolute Gasteiger partial charge is 0.346 e. The third kappa shape index (κ3) is 3.76. The number of hydrogen-bond donors (Lipinski definition) is 1. The van der Waals surface area contributed by atoms with Gasteiger partial charge in [-0.2, -0.15) is 5.26 Å². The summed E-state index contributed by atoms with van der Waals surface area (Å²) >= 11 is 0. The lowest BCUT2D eigenvalue weighted by atomic mass is 10.0. The lowest BCUT2D eigenvalue weighted by Gasteiger charge is -2.24. The summed E-state index contributed by atoms with van der Waals surface area (Å²) in [6.07, 6.45) is 1.37. The first-order valence-corrected chi connectivity index (χ1v) is 6.77. The van der Waals surface area contributed by atoms with Crippen molar-refractivity contribution in [2.45, 2.75) is 20.8 Å². The van der Waals surface area contributed by atoms with Crippen LogP contribution in [0.3, 0.4) is 0 Å². The number of benzene rings is 1. The predicted molar refractivity (Wildman–Crippen MR) is 82.5 cm³/mol. The summed E-state index contributed by atoms with van der Waals surface area (Å²) in [6, 6.07) is 5.40. The Hall–Kier alpha value is -2.48. The van der Waals surface area contributed by atoms with E-state index in [1.165, 1.54) is 6.08 Å². The molecule has 0 radical (unpaired) electrons. The van der Waals surface area contributed by atoms with Gasteiger partial charge in [-0.25, -0.2) is 4.79 Å². The van der Waals surface area contributed by atoms with Crippen LogP contribution < -0.4 is 9.64 Å². The van der Waals surface area contributed by atoms with Gasteiger partial charge in [-0.15, -0.1) is 0 Å². The molecule has 0 aliphatic carbocycles. The molecule has 1 rings (SSSR count). The van der Waals surface area contributed by atoms with E-state index in [2.05, 4.69) is 18.7 Å². The molecule has 0 spiro atoms. The highest BCUT2D eigenvalue weighted by Gasteiger charge is 2.13. The van der Waals surface area contributed by atoms with E-state index in [9.17, 15) is 4.79 Å². The maximum atomic E-state index is 10.9. The second-order valence-electron chi connectivity index (χ2n) is 4.53. The van der Waals surface area contributed by atoms with E-state index in [0.717, 1.165) is 24.3 Å². The first kappa shape index (κ1) is 16.6. The molecule has 21 heavy (non-hydrogen) atoms. The monoisotopic (exact) mass is 288 g/mol. The Kier molecular flexibility index (Phi) is 5.79. The van der Waals surface area contributed by atoms with Crippen molar-refractivity contribution in [1.29, 1.82) is 5.26 Å². The molecule has 1 aromatic rings. The van der Waals surface area contributed by atoms with Crippen molar-refractivity contribution in [3.63, 3.8) is 0 Å². The highest BCUT2D eigenvalue weighted by Crippen LogP contribution is 2.32. The minimum atomic E-state index is -1.23. The Balaban J connectivity index is 3.40. The number of ether oxygens (including phenoxy) is 1. The zero-order valence-corrected chi connectivity index (χ0v) is 12.8. The van der Waals surface area contributed by atoms with Gasteiger partial charge in [0.1, 0.15) is 17.4 Å². The van der Waals surface area contributed by atoms with Crippen molar-refractivity contribution in [1.82, 2.24) is 0 Å². The minimum absolute atomic E-state index is 0.296. The summed E-state index contributed by atoms with van der Waals surface area (Å²) in [7, 11) is 1.58. The molecule has 0 saturated heterocycles. The number of carboxylic acid groups (broad SMARTS) is 1. The van der Waals surface area contributed by atoms with Crippen molar-refractivity contribution >= 4 is 17.7 Å². The normalized spacial score (nSPS) is 10.9. The number of hydrogen-bond acceptors (Lipinski definition) is 4. The molecule has 1 N–H and O–H groups in total. The molecule has 0 bridgehead atoms. The molecule has 0 fully saturated rings. The third-order valence-corrected chi connectivity index (χ3v) is 3.32. The van der Waals surface area contributed by atoms with Crippen LogP contribution in [0.4, 0.5) is 5.69 Å². The zero-order valence-electron chi connectivity index (χ0n) is 12.8. The fourth-order valence-corrected chi connectivity index (χ4v) is 2.12. The van der Waals surface area contributed by atoms with Crippen LogP contribution in [-0.2, 0) is 4.79 Å². The van der Waals surface area contributed by atoms with Crippen LogP contribution in [0.1, 0.15) is 25.0 Å². The fraction of sp³-hybridized carbons (Fsp3) is 0.375. The standard InChI is InChI=1S/C16H20N2O3/c1-5-18(6-2)14-7-11(3)12(9-15(14)21-4)8-13(10-17)16(19)20/h7-9H,5-6H2,1-4H3,(H,19,20)/b13-8+. The summed E-state index contributed by atoms with van der Waals surface area (Å²) in [5.74, 6) is -0.568. The Morgan fingerprint density at radius 1 is 1.43 bits per heavy atom. The van der Waals surface area contributed by atoms with E-state index in [4.69, 9.17) is 15.1 Å². The van der Waals surface area contributed by atoms with E-state index in [-0.39, 0.29) is 5.57 Å². The predicted octanol–water partition coefficient (Wildman–Crippen LogP) is 2.84. The van der Waals surface area contributed by atoms with Gasteiger partial charge in [-0.1, -0.05) is 0 Å². The maximum Gasteiger partial charge on any atom is 0.346 e. The number of methoxy groups -OCH3 is 1. The van der Waals surface area contributed by atoms with Gasteiger partial charge in [-0.3, -0.25) is 0 Å². The average Bonchev–Trinajstić information content (AvgIpc) is 2.47. The van der Waals surface area contributed by atoms with E-state index >= 15 is 0 Å². The molecule has 5 nitrogen and oxygen atoms in total. The van der Waals surface area contributed by atoms with Crippen LogP contribution >= 0.6 is 0 Å². The SMILES string of the molecule is CCN(CC)c1cc(C)c(/C=C(\C#N)C(=O)O)cc1OC. The van der Waals surface area contributed by atoms with Crippen molar-refractivity contribution in [2.75, 3.05) is 25.1 Å². The molecule has 112 valence electrons. The zero-order chi connectivity index (χ0) is 16.0. The van der Waals surface area contributed by atoms with Crippen molar-refractivity contribution in [2.24, 2.45) is 0 Å². The third-order valence-electron chi connectivity index (χ3n) is 3.32. The van der Waals surface area contributed by atoms with E-state index < -0.39 is 5.97 Å². The molecule has 0 unspecified atom stereocenters. The van der Waals surface area contributed by atoms with Gasteiger partial charge < -0.3 is 14.7 Å². The number of aliphatic carboxylic acids is 1. The van der Waals surface area contributed by atoms with E-state index in [0.29, 0.717) is 11.3 Å². The topological polar surface area (TPSA) is 73.6 Å². The van der Waals surface area contributed by atoms with Gasteiger partial charge in [0.2, 0.25) is 0 Å². The first-order chi connectivity index (χ1) is 9.98. The van der Waals surface area contributed by atoms with Crippen molar-refractivity contribution in [3.05, 3.63) is 28.8 Å². The summed E-state index contributed by atoms with van der Waals surface area (Å²) in [5, 5.41) is 17.8. The molecule has 5 heteroatoms. The second kappa shape index (κ2) is 7.34. The quantitative estimate of drug-likeness (QED) is 0.643. The lowest BCUT2D eigenvalue weighted by molar-refractivity contribution is -0.132. The molecular weight excluding hydrogens is 268 g/mol. The number of carbonyl (C=O) groups is 1. The second-order valence-corrected chi connectivity index (χ2v) is 4.53. The van der Waals surface area contributed by atoms with Crippen LogP contribution in [0.2, 0.25) is 0 Å². The van der Waals surface area contributed by atoms with Crippen LogP contribution in [-0.4, -0.2) is 31.3 Å². The Bertz CT molecular complexity index is 596. The van der Waals surface area contributed by atoms with Crippen LogP contribution in [0, 0.1) is 18.3 Å². The Morgan fingerprint density at radius 3 is 2.48 bits per heavy atom. The maximum absolute atomic E-state index is 10.9. The minimum Gasteiger partial charge on any atom is -0.495 e. The largest absolute Gasteiger partial charge is 0.495 e. The number of nitrogens with zero attached hydrogens (tertiary/aromatic N) is 2. The molecule has 0 aliphatic rings. The molecule has 1 aromatic carbocycles. The van der Waals surface area contributed by atoms with Gasteiger partial charge in [0.25, 0.3) is 0 Å². The fourth-order valence-electron chi connectivity index (χ4n) is 2.12. The Labute approximate surface area is 125 Å². The van der Waals surface area contributed by atoms with Crippen LogP contribution in [0.5, 0.6) is 5.75 Å². The van der Waals surface area contributed by atoms with Gasteiger partial charge in [0.15, 0.2) is 0 Å². The Morgan fingerprint density at radius 2 is 2.05 bits per heavy atom. The first-order valence-electron chi connectivity index (χ1n) is 6.77. The highest BCUT2D eigenvalue weighted by molar-refractivity contribution is 5.96. The van der Waals surface area contributed by atoms with Crippen LogP contribution in [0.15, 0.2) is 17.7 Å². The van der Waals surface area contributed by atoms with Gasteiger partial charge in [-0.05, 0) is 50.1 Å². The van der Waals surface area contributed by atoms with Gasteiger partial charge in [0.05, 0.1) is 12.8 Å². The van der Waals surface area contributed by atoms with Crippen molar-refractivity contribution < 1.29 is 14.6 Å². The highest BCUT2D eigenvalue weighted by atomic mass is 16.5. The van der Waals surface area contributed by atoms with Gasteiger partial charge in [0, 0.05) is 13.1 Å². The summed E-state index contributed by atoms with van der Waals surface area (Å²) in [6.45, 7) is 7.70. The summed E-state index contributed by atoms with van der Waals surface area (Å²) < 4.78 is 5.40. The molecule has 0 saturated carbocycles. The molecule has 0 aliphatic heterocycles. The molecule has 0 aromatic heterocycles. The summed E-state index contributed by atoms with van der Waals surface area (Å²) in [5.41, 5.74) is 2.23. The lowest BCUT2D eigenvalue weighted by Crippen LogP contribution is -2.22. The number of anilines is 1. The average molecular weight is 288 g/mol. The number of rotatable bonds is 6. The molecule has 0 amide bonds. The molecule has 0 heterocycles. The number of aryl methyl sites for hydroxylation is 1. The number of nitriles is 1. The number of carboxylic acids is 1. The van der Waals surface area contributed by atoms with Crippen LogP contribution in [0.25, 0.3) is 6.08 Å².